The third kappa shape index (κ3) is 3.00. The molecular formula is C12H16F2O2. The molecule has 0 amide bonds. The van der Waals surface area contributed by atoms with Gasteiger partial charge in [0.05, 0.1) is 6.10 Å². The van der Waals surface area contributed by atoms with Crippen LogP contribution < -0.4 is 0 Å². The first-order valence-corrected chi connectivity index (χ1v) is 5.26. The predicted molar refractivity (Wildman–Crippen MR) is 57.0 cm³/mol. The number of hydrogen-bond donors (Lipinski definition) is 1. The number of hydrogen-bond acceptors (Lipinski definition) is 2. The fourth-order valence-corrected chi connectivity index (χ4v) is 1.63. The maximum Gasteiger partial charge on any atom is 0.132 e. The summed E-state index contributed by atoms with van der Waals surface area (Å²) in [7, 11) is 1.46. The molecule has 90 valence electrons. The Hall–Kier alpha value is -1.00. The van der Waals surface area contributed by atoms with E-state index in [2.05, 4.69) is 0 Å². The molecule has 2 nitrogen and oxygen atoms in total. The van der Waals surface area contributed by atoms with Crippen LogP contribution in [0.3, 0.4) is 0 Å². The maximum absolute atomic E-state index is 13.4. The monoisotopic (exact) mass is 230 g/mol. The highest BCUT2D eigenvalue weighted by Gasteiger charge is 2.22. The van der Waals surface area contributed by atoms with Crippen LogP contribution in [0.1, 0.15) is 31.4 Å². The van der Waals surface area contributed by atoms with Crippen molar-refractivity contribution in [3.8, 4) is 0 Å². The molecule has 0 heterocycles. The summed E-state index contributed by atoms with van der Waals surface area (Å²) >= 11 is 0. The number of ether oxygens (including phenoxy) is 1. The summed E-state index contributed by atoms with van der Waals surface area (Å²) in [6, 6.07) is 3.13. The van der Waals surface area contributed by atoms with E-state index in [-0.39, 0.29) is 5.56 Å². The summed E-state index contributed by atoms with van der Waals surface area (Å²) in [4.78, 5) is 0. The van der Waals surface area contributed by atoms with Crippen molar-refractivity contribution in [2.75, 3.05) is 7.11 Å². The minimum Gasteiger partial charge on any atom is -0.386 e. The maximum atomic E-state index is 13.4. The lowest BCUT2D eigenvalue weighted by Crippen LogP contribution is -2.21. The van der Waals surface area contributed by atoms with Crippen molar-refractivity contribution in [3.05, 3.63) is 35.4 Å². The van der Waals surface area contributed by atoms with E-state index in [0.717, 1.165) is 18.6 Å². The molecular weight excluding hydrogens is 214 g/mol. The summed E-state index contributed by atoms with van der Waals surface area (Å²) < 4.78 is 31.2. The third-order valence-corrected chi connectivity index (χ3v) is 2.51. The Morgan fingerprint density at radius 3 is 2.56 bits per heavy atom. The Morgan fingerprint density at radius 1 is 1.38 bits per heavy atom. The number of halogens is 2. The molecule has 16 heavy (non-hydrogen) atoms. The second-order valence-electron chi connectivity index (χ2n) is 3.67. The van der Waals surface area contributed by atoms with Crippen molar-refractivity contribution in [2.24, 2.45) is 0 Å². The molecule has 0 aliphatic heterocycles. The van der Waals surface area contributed by atoms with Gasteiger partial charge < -0.3 is 9.84 Å². The van der Waals surface area contributed by atoms with Crippen LogP contribution in [0.25, 0.3) is 0 Å². The fraction of sp³-hybridized carbons (Fsp3) is 0.500. The van der Waals surface area contributed by atoms with Gasteiger partial charge in [0.2, 0.25) is 0 Å². The molecule has 0 aliphatic carbocycles. The number of aliphatic hydroxyl groups is 1. The van der Waals surface area contributed by atoms with Crippen molar-refractivity contribution in [1.82, 2.24) is 0 Å². The van der Waals surface area contributed by atoms with Crippen LogP contribution in [0.5, 0.6) is 0 Å². The van der Waals surface area contributed by atoms with Crippen LogP contribution in [-0.2, 0) is 4.74 Å². The number of methoxy groups -OCH3 is 1. The number of rotatable bonds is 5. The summed E-state index contributed by atoms with van der Waals surface area (Å²) in [6.45, 7) is 1.94. The number of aliphatic hydroxyl groups excluding tert-OH is 1. The van der Waals surface area contributed by atoms with E-state index in [4.69, 9.17) is 4.74 Å². The minimum atomic E-state index is -1.06. The summed E-state index contributed by atoms with van der Waals surface area (Å²) in [5.74, 6) is -1.40. The largest absolute Gasteiger partial charge is 0.386 e. The van der Waals surface area contributed by atoms with E-state index in [1.165, 1.54) is 13.2 Å². The third-order valence-electron chi connectivity index (χ3n) is 2.51. The van der Waals surface area contributed by atoms with E-state index in [9.17, 15) is 13.9 Å². The van der Waals surface area contributed by atoms with Gasteiger partial charge >= 0.3 is 0 Å². The lowest BCUT2D eigenvalue weighted by molar-refractivity contribution is -0.0195. The smallest absolute Gasteiger partial charge is 0.132 e. The first-order valence-electron chi connectivity index (χ1n) is 5.26. The van der Waals surface area contributed by atoms with E-state index in [1.807, 2.05) is 6.92 Å². The van der Waals surface area contributed by atoms with E-state index >= 15 is 0 Å². The van der Waals surface area contributed by atoms with Gasteiger partial charge in [-0.25, -0.2) is 8.78 Å². The van der Waals surface area contributed by atoms with Gasteiger partial charge in [-0.1, -0.05) is 19.4 Å². The normalized spacial score (nSPS) is 14.8. The Balaban J connectivity index is 2.89. The molecule has 0 saturated heterocycles. The molecule has 1 N–H and O–H groups in total. The SMILES string of the molecule is CCCC(OC)C(O)c1ccc(F)cc1F. The molecule has 4 heteroatoms. The zero-order valence-electron chi connectivity index (χ0n) is 9.41. The predicted octanol–water partition coefficient (Wildman–Crippen LogP) is 2.81. The number of benzene rings is 1. The summed E-state index contributed by atoms with van der Waals surface area (Å²) in [5.41, 5.74) is 0.0710. The lowest BCUT2D eigenvalue weighted by atomic mass is 10.0. The molecule has 0 saturated carbocycles. The van der Waals surface area contributed by atoms with E-state index < -0.39 is 23.8 Å². The zero-order valence-corrected chi connectivity index (χ0v) is 9.41. The van der Waals surface area contributed by atoms with E-state index in [1.54, 1.807) is 0 Å². The Morgan fingerprint density at radius 2 is 2.06 bits per heavy atom. The van der Waals surface area contributed by atoms with Crippen LogP contribution in [0.2, 0.25) is 0 Å². The minimum absolute atomic E-state index is 0.0710. The highest BCUT2D eigenvalue weighted by Crippen LogP contribution is 2.24. The summed E-state index contributed by atoms with van der Waals surface area (Å²) in [6.07, 6.45) is -0.0946. The van der Waals surface area contributed by atoms with Crippen molar-refractivity contribution in [1.29, 1.82) is 0 Å². The quantitative estimate of drug-likeness (QED) is 0.842. The molecule has 0 bridgehead atoms. The fourth-order valence-electron chi connectivity index (χ4n) is 1.63. The van der Waals surface area contributed by atoms with Gasteiger partial charge in [0.15, 0.2) is 0 Å². The van der Waals surface area contributed by atoms with Crippen LogP contribution >= 0.6 is 0 Å². The average Bonchev–Trinajstić information content (AvgIpc) is 2.25. The standard InChI is InChI=1S/C12H16F2O2/c1-3-4-11(16-2)12(15)9-6-5-8(13)7-10(9)14/h5-7,11-12,15H,3-4H2,1-2H3. The van der Waals surface area contributed by atoms with Crippen molar-refractivity contribution in [2.45, 2.75) is 32.0 Å². The van der Waals surface area contributed by atoms with E-state index in [0.29, 0.717) is 6.42 Å². The van der Waals surface area contributed by atoms with Gasteiger partial charge in [0.25, 0.3) is 0 Å². The van der Waals surface area contributed by atoms with Crippen molar-refractivity contribution < 1.29 is 18.6 Å². The van der Waals surface area contributed by atoms with Crippen LogP contribution in [0.4, 0.5) is 8.78 Å². The molecule has 2 unspecified atom stereocenters. The average molecular weight is 230 g/mol. The molecule has 1 rings (SSSR count). The Labute approximate surface area is 93.9 Å². The highest BCUT2D eigenvalue weighted by molar-refractivity contribution is 5.21. The van der Waals surface area contributed by atoms with Crippen molar-refractivity contribution in [3.63, 3.8) is 0 Å². The van der Waals surface area contributed by atoms with Gasteiger partial charge in [-0.3, -0.25) is 0 Å². The zero-order chi connectivity index (χ0) is 12.1. The summed E-state index contributed by atoms with van der Waals surface area (Å²) in [5, 5.41) is 9.90. The van der Waals surface area contributed by atoms with Gasteiger partial charge in [0.1, 0.15) is 17.7 Å². The first-order chi connectivity index (χ1) is 7.60. The molecule has 0 fully saturated rings. The first kappa shape index (κ1) is 13.1. The second kappa shape index (κ2) is 5.92. The van der Waals surface area contributed by atoms with Crippen LogP contribution in [-0.4, -0.2) is 18.3 Å². The molecule has 1 aromatic rings. The Kier molecular flexibility index (Phi) is 4.83. The van der Waals surface area contributed by atoms with Gasteiger partial charge in [-0.05, 0) is 12.5 Å². The molecule has 0 radical (unpaired) electrons. The van der Waals surface area contributed by atoms with Crippen LogP contribution in [0, 0.1) is 11.6 Å². The van der Waals surface area contributed by atoms with Crippen molar-refractivity contribution >= 4 is 0 Å². The van der Waals surface area contributed by atoms with Gasteiger partial charge in [-0.15, -0.1) is 0 Å². The Bertz CT molecular complexity index is 342. The molecule has 0 aliphatic rings. The lowest BCUT2D eigenvalue weighted by Gasteiger charge is -2.21. The van der Waals surface area contributed by atoms with Gasteiger partial charge in [0, 0.05) is 18.7 Å². The second-order valence-corrected chi connectivity index (χ2v) is 3.67. The van der Waals surface area contributed by atoms with Crippen LogP contribution in [0.15, 0.2) is 18.2 Å². The molecule has 2 atom stereocenters. The molecule has 0 spiro atoms. The van der Waals surface area contributed by atoms with Gasteiger partial charge in [-0.2, -0.15) is 0 Å². The molecule has 0 aromatic heterocycles. The topological polar surface area (TPSA) is 29.5 Å². The highest BCUT2D eigenvalue weighted by atomic mass is 19.1. The molecule has 1 aromatic carbocycles.